The Hall–Kier alpha value is -1.59. The van der Waals surface area contributed by atoms with Crippen LogP contribution in [-0.2, 0) is 14.3 Å². The number of nitrogens with one attached hydrogen (secondary N) is 1. The van der Waals surface area contributed by atoms with Crippen LogP contribution in [0.1, 0.15) is 18.9 Å². The van der Waals surface area contributed by atoms with Crippen molar-refractivity contribution < 1.29 is 19.0 Å². The van der Waals surface area contributed by atoms with Crippen molar-refractivity contribution in [3.8, 4) is 5.75 Å². The topological polar surface area (TPSA) is 56.8 Å². The Kier molecular flexibility index (Phi) is 8.47. The summed E-state index contributed by atoms with van der Waals surface area (Å²) in [6.07, 6.45) is 0.259. The number of hydrogen-bond donors (Lipinski definition) is 1. The second-order valence-electron chi connectivity index (χ2n) is 4.82. The highest BCUT2D eigenvalue weighted by Crippen LogP contribution is 2.13. The molecule has 0 fully saturated rings. The van der Waals surface area contributed by atoms with Gasteiger partial charge in [-0.15, -0.1) is 0 Å². The van der Waals surface area contributed by atoms with E-state index < -0.39 is 6.10 Å². The number of carbonyl (C=O) groups excluding carboxylic acids is 1. The van der Waals surface area contributed by atoms with Crippen LogP contribution < -0.4 is 10.1 Å². The largest absolute Gasteiger partial charge is 0.481 e. The molecule has 1 aromatic carbocycles. The van der Waals surface area contributed by atoms with E-state index in [-0.39, 0.29) is 5.91 Å². The van der Waals surface area contributed by atoms with Crippen molar-refractivity contribution in [2.45, 2.75) is 26.4 Å². The van der Waals surface area contributed by atoms with Gasteiger partial charge in [0.25, 0.3) is 5.91 Å². The molecule has 0 spiro atoms. The summed E-state index contributed by atoms with van der Waals surface area (Å²) in [4.78, 5) is 11.9. The van der Waals surface area contributed by atoms with Crippen LogP contribution in [0.2, 0.25) is 0 Å². The third kappa shape index (κ3) is 7.68. The Morgan fingerprint density at radius 1 is 1.19 bits per heavy atom. The van der Waals surface area contributed by atoms with E-state index in [1.807, 2.05) is 31.2 Å². The van der Waals surface area contributed by atoms with Crippen molar-refractivity contribution in [3.63, 3.8) is 0 Å². The SMILES string of the molecule is COCCOCCCNC(=O)C(C)Oc1ccc(C)cc1. The van der Waals surface area contributed by atoms with Crippen molar-refractivity contribution in [3.05, 3.63) is 29.8 Å². The first-order valence-electron chi connectivity index (χ1n) is 7.21. The molecule has 0 aliphatic rings. The first kappa shape index (κ1) is 17.5. The molecule has 1 N–H and O–H groups in total. The summed E-state index contributed by atoms with van der Waals surface area (Å²) in [5, 5.41) is 2.83. The molecule has 118 valence electrons. The Balaban J connectivity index is 2.15. The molecule has 0 saturated carbocycles. The molecule has 0 saturated heterocycles. The average Bonchev–Trinajstić information content (AvgIpc) is 2.48. The molecule has 0 aliphatic carbocycles. The zero-order chi connectivity index (χ0) is 15.5. The van der Waals surface area contributed by atoms with Crippen LogP contribution in [0.15, 0.2) is 24.3 Å². The summed E-state index contributed by atoms with van der Waals surface area (Å²) in [5.74, 6) is 0.582. The van der Waals surface area contributed by atoms with Gasteiger partial charge in [-0.2, -0.15) is 0 Å². The fourth-order valence-electron chi connectivity index (χ4n) is 1.65. The van der Waals surface area contributed by atoms with E-state index in [1.54, 1.807) is 14.0 Å². The van der Waals surface area contributed by atoms with E-state index in [4.69, 9.17) is 14.2 Å². The second-order valence-corrected chi connectivity index (χ2v) is 4.82. The molecule has 0 radical (unpaired) electrons. The number of methoxy groups -OCH3 is 1. The minimum absolute atomic E-state index is 0.118. The summed E-state index contributed by atoms with van der Waals surface area (Å²) in [6.45, 7) is 6.11. The van der Waals surface area contributed by atoms with Gasteiger partial charge in [0.15, 0.2) is 6.10 Å². The normalized spacial score (nSPS) is 12.0. The van der Waals surface area contributed by atoms with Gasteiger partial charge >= 0.3 is 0 Å². The highest BCUT2D eigenvalue weighted by Gasteiger charge is 2.13. The Morgan fingerprint density at radius 3 is 2.57 bits per heavy atom. The number of amides is 1. The molecule has 1 atom stereocenters. The van der Waals surface area contributed by atoms with Crippen LogP contribution in [0.25, 0.3) is 0 Å². The molecule has 5 heteroatoms. The molecule has 21 heavy (non-hydrogen) atoms. The van der Waals surface area contributed by atoms with Crippen LogP contribution in [0.4, 0.5) is 0 Å². The number of carbonyl (C=O) groups is 1. The lowest BCUT2D eigenvalue weighted by Gasteiger charge is -2.14. The average molecular weight is 295 g/mol. The summed E-state index contributed by atoms with van der Waals surface area (Å²) >= 11 is 0. The van der Waals surface area contributed by atoms with Gasteiger partial charge in [-0.3, -0.25) is 4.79 Å². The van der Waals surface area contributed by atoms with Gasteiger partial charge in [-0.05, 0) is 32.4 Å². The van der Waals surface area contributed by atoms with Gasteiger partial charge in [0.05, 0.1) is 13.2 Å². The minimum atomic E-state index is -0.512. The zero-order valence-corrected chi connectivity index (χ0v) is 13.1. The fraction of sp³-hybridized carbons (Fsp3) is 0.562. The molecule has 0 bridgehead atoms. The van der Waals surface area contributed by atoms with Crippen LogP contribution in [0.3, 0.4) is 0 Å². The lowest BCUT2D eigenvalue weighted by atomic mass is 10.2. The Labute approximate surface area is 126 Å². The monoisotopic (exact) mass is 295 g/mol. The molecule has 1 amide bonds. The molecule has 0 aliphatic heterocycles. The number of hydrogen-bond acceptors (Lipinski definition) is 4. The second kappa shape index (κ2) is 10.2. The van der Waals surface area contributed by atoms with Crippen LogP contribution in [-0.4, -0.2) is 45.5 Å². The Bertz CT molecular complexity index is 405. The van der Waals surface area contributed by atoms with E-state index in [2.05, 4.69) is 5.32 Å². The first-order chi connectivity index (χ1) is 10.1. The molecule has 0 aromatic heterocycles. The number of rotatable bonds is 10. The quantitative estimate of drug-likeness (QED) is 0.670. The molecule has 1 rings (SSSR count). The maximum absolute atomic E-state index is 11.9. The summed E-state index contributed by atoms with van der Waals surface area (Å²) in [7, 11) is 1.64. The van der Waals surface area contributed by atoms with Gasteiger partial charge in [-0.1, -0.05) is 17.7 Å². The van der Waals surface area contributed by atoms with E-state index in [0.717, 1.165) is 12.0 Å². The van der Waals surface area contributed by atoms with Crippen molar-refractivity contribution in [2.24, 2.45) is 0 Å². The van der Waals surface area contributed by atoms with E-state index in [9.17, 15) is 4.79 Å². The molecule has 1 unspecified atom stereocenters. The molecular weight excluding hydrogens is 270 g/mol. The highest BCUT2D eigenvalue weighted by atomic mass is 16.5. The van der Waals surface area contributed by atoms with Gasteiger partial charge in [0.1, 0.15) is 5.75 Å². The van der Waals surface area contributed by atoms with Crippen molar-refractivity contribution in [2.75, 3.05) is 33.5 Å². The molecule has 1 aromatic rings. The van der Waals surface area contributed by atoms with Crippen LogP contribution in [0.5, 0.6) is 5.75 Å². The predicted molar refractivity (Wildman–Crippen MR) is 81.6 cm³/mol. The highest BCUT2D eigenvalue weighted by molar-refractivity contribution is 5.80. The number of benzene rings is 1. The lowest BCUT2D eigenvalue weighted by molar-refractivity contribution is -0.127. The number of aryl methyl sites for hydroxylation is 1. The minimum Gasteiger partial charge on any atom is -0.481 e. The smallest absolute Gasteiger partial charge is 0.260 e. The predicted octanol–water partition coefficient (Wildman–Crippen LogP) is 1.93. The van der Waals surface area contributed by atoms with E-state index in [1.165, 1.54) is 0 Å². The van der Waals surface area contributed by atoms with Gasteiger partial charge in [0.2, 0.25) is 0 Å². The maximum atomic E-state index is 11.9. The third-order valence-electron chi connectivity index (χ3n) is 2.90. The fourth-order valence-corrected chi connectivity index (χ4v) is 1.65. The van der Waals surface area contributed by atoms with Crippen molar-refractivity contribution >= 4 is 5.91 Å². The number of ether oxygens (including phenoxy) is 3. The molecule has 0 heterocycles. The van der Waals surface area contributed by atoms with Crippen LogP contribution in [0, 0.1) is 6.92 Å². The summed E-state index contributed by atoms with van der Waals surface area (Å²) in [5.41, 5.74) is 1.16. The van der Waals surface area contributed by atoms with Crippen molar-refractivity contribution in [1.29, 1.82) is 0 Å². The van der Waals surface area contributed by atoms with Crippen LogP contribution >= 0.6 is 0 Å². The van der Waals surface area contributed by atoms with Gasteiger partial charge < -0.3 is 19.5 Å². The van der Waals surface area contributed by atoms with E-state index >= 15 is 0 Å². The molecular formula is C16H25NO4. The van der Waals surface area contributed by atoms with Gasteiger partial charge in [-0.25, -0.2) is 0 Å². The lowest BCUT2D eigenvalue weighted by Crippen LogP contribution is -2.37. The first-order valence-corrected chi connectivity index (χ1v) is 7.21. The van der Waals surface area contributed by atoms with Crippen molar-refractivity contribution in [1.82, 2.24) is 5.32 Å². The Morgan fingerprint density at radius 2 is 1.90 bits per heavy atom. The summed E-state index contributed by atoms with van der Waals surface area (Å²) in [6, 6.07) is 7.64. The standard InChI is InChI=1S/C16H25NO4/c1-13-5-7-15(8-6-13)21-14(2)16(18)17-9-4-10-20-12-11-19-3/h5-8,14H,4,9-12H2,1-3H3,(H,17,18). The van der Waals surface area contributed by atoms with Gasteiger partial charge in [0, 0.05) is 20.3 Å². The molecule has 5 nitrogen and oxygen atoms in total. The van der Waals surface area contributed by atoms with E-state index in [0.29, 0.717) is 32.1 Å². The third-order valence-corrected chi connectivity index (χ3v) is 2.90. The zero-order valence-electron chi connectivity index (χ0n) is 13.1. The summed E-state index contributed by atoms with van der Waals surface area (Å²) < 4.78 is 15.8. The maximum Gasteiger partial charge on any atom is 0.260 e.